The smallest absolute Gasteiger partial charge is 0.261 e. The Kier molecular flexibility index (Phi) is 6.70. The number of thioether (sulfide) groups is 1. The SMILES string of the molecule is COc1cc(OC)c(C(=O)Nc2nc(C)c(SCC(N)=O)s2)cc1OC. The molecule has 140 valence electrons. The molecule has 0 unspecified atom stereocenters. The van der Waals surface area contributed by atoms with Gasteiger partial charge < -0.3 is 19.9 Å². The first-order chi connectivity index (χ1) is 12.4. The van der Waals surface area contributed by atoms with E-state index in [1.165, 1.54) is 50.5 Å². The molecule has 1 aromatic carbocycles. The molecular weight excluding hydrogens is 378 g/mol. The molecule has 0 aliphatic carbocycles. The van der Waals surface area contributed by atoms with Crippen molar-refractivity contribution in [3.63, 3.8) is 0 Å². The van der Waals surface area contributed by atoms with Gasteiger partial charge in [-0.3, -0.25) is 14.9 Å². The quantitative estimate of drug-likeness (QED) is 0.657. The molecule has 10 heteroatoms. The van der Waals surface area contributed by atoms with Crippen LogP contribution in [0.2, 0.25) is 0 Å². The van der Waals surface area contributed by atoms with Crippen molar-refractivity contribution in [2.75, 3.05) is 32.4 Å². The standard InChI is InChI=1S/C16H19N3O5S2/c1-8-15(25-7-13(17)20)26-16(18-8)19-14(21)9-5-11(23-3)12(24-4)6-10(9)22-2/h5-6H,7H2,1-4H3,(H2,17,20)(H,18,19,21). The van der Waals surface area contributed by atoms with Gasteiger partial charge in [0.25, 0.3) is 5.91 Å². The van der Waals surface area contributed by atoms with E-state index in [0.29, 0.717) is 22.4 Å². The number of anilines is 1. The molecule has 0 aliphatic rings. The third kappa shape index (κ3) is 4.58. The number of aromatic nitrogens is 1. The van der Waals surface area contributed by atoms with Crippen molar-refractivity contribution in [2.24, 2.45) is 5.73 Å². The van der Waals surface area contributed by atoms with Crippen molar-refractivity contribution in [3.8, 4) is 17.2 Å². The molecule has 3 N–H and O–H groups in total. The van der Waals surface area contributed by atoms with Gasteiger partial charge in [0.05, 0.1) is 42.5 Å². The summed E-state index contributed by atoms with van der Waals surface area (Å²) in [5.41, 5.74) is 6.16. The highest BCUT2D eigenvalue weighted by Gasteiger charge is 2.19. The van der Waals surface area contributed by atoms with E-state index in [0.717, 1.165) is 9.90 Å². The number of thiazole rings is 1. The fourth-order valence-electron chi connectivity index (χ4n) is 2.08. The fraction of sp³-hybridized carbons (Fsp3) is 0.312. The van der Waals surface area contributed by atoms with Gasteiger partial charge in [-0.25, -0.2) is 4.98 Å². The average molecular weight is 397 g/mol. The van der Waals surface area contributed by atoms with Crippen LogP contribution in [0.4, 0.5) is 5.13 Å². The molecule has 0 atom stereocenters. The Hall–Kier alpha value is -2.46. The number of nitrogens with two attached hydrogens (primary N) is 1. The number of nitrogens with one attached hydrogen (secondary N) is 1. The second kappa shape index (κ2) is 8.77. The van der Waals surface area contributed by atoms with E-state index >= 15 is 0 Å². The molecule has 0 saturated heterocycles. The number of carbonyl (C=O) groups excluding carboxylic acids is 2. The number of carbonyl (C=O) groups is 2. The summed E-state index contributed by atoms with van der Waals surface area (Å²) in [4.78, 5) is 27.9. The van der Waals surface area contributed by atoms with Crippen LogP contribution in [-0.4, -0.2) is 43.9 Å². The summed E-state index contributed by atoms with van der Waals surface area (Å²) in [6.45, 7) is 1.80. The maximum atomic E-state index is 12.6. The van der Waals surface area contributed by atoms with Gasteiger partial charge >= 0.3 is 0 Å². The Morgan fingerprint density at radius 2 is 1.77 bits per heavy atom. The minimum atomic E-state index is -0.413. The van der Waals surface area contributed by atoms with Crippen LogP contribution >= 0.6 is 23.1 Å². The molecule has 0 fully saturated rings. The maximum absolute atomic E-state index is 12.6. The molecule has 26 heavy (non-hydrogen) atoms. The summed E-state index contributed by atoms with van der Waals surface area (Å²) in [7, 11) is 4.45. The molecule has 1 heterocycles. The van der Waals surface area contributed by atoms with Crippen LogP contribution < -0.4 is 25.3 Å². The molecule has 0 saturated carbocycles. The summed E-state index contributed by atoms with van der Waals surface area (Å²) in [6, 6.07) is 3.12. The predicted molar refractivity (Wildman–Crippen MR) is 101 cm³/mol. The fourth-order valence-corrected chi connectivity index (χ4v) is 3.95. The van der Waals surface area contributed by atoms with Gasteiger partial charge in [-0.05, 0) is 6.92 Å². The minimum absolute atomic E-state index is 0.153. The second-order valence-corrected chi connectivity index (χ2v) is 7.25. The first-order valence-electron chi connectivity index (χ1n) is 7.39. The summed E-state index contributed by atoms with van der Waals surface area (Å²) in [6.07, 6.45) is 0. The molecule has 2 amide bonds. The molecule has 0 bridgehead atoms. The number of hydrogen-bond donors (Lipinski definition) is 2. The zero-order valence-corrected chi connectivity index (χ0v) is 16.4. The molecule has 0 radical (unpaired) electrons. The molecule has 0 aliphatic heterocycles. The van der Waals surface area contributed by atoms with Crippen molar-refractivity contribution >= 4 is 40.0 Å². The van der Waals surface area contributed by atoms with Gasteiger partial charge in [-0.1, -0.05) is 11.3 Å². The van der Waals surface area contributed by atoms with E-state index in [-0.39, 0.29) is 11.3 Å². The van der Waals surface area contributed by atoms with Crippen molar-refractivity contribution < 1.29 is 23.8 Å². The summed E-state index contributed by atoms with van der Waals surface area (Å²) in [5.74, 6) is 0.547. The number of ether oxygens (including phenoxy) is 3. The van der Waals surface area contributed by atoms with Crippen molar-refractivity contribution in [1.29, 1.82) is 0 Å². The van der Waals surface area contributed by atoms with Gasteiger partial charge in [0, 0.05) is 12.1 Å². The van der Waals surface area contributed by atoms with Crippen LogP contribution in [0.5, 0.6) is 17.2 Å². The Balaban J connectivity index is 2.24. The van der Waals surface area contributed by atoms with Gasteiger partial charge in [-0.15, -0.1) is 11.8 Å². The van der Waals surface area contributed by atoms with E-state index in [9.17, 15) is 9.59 Å². The molecule has 8 nitrogen and oxygen atoms in total. The highest BCUT2D eigenvalue weighted by atomic mass is 32.2. The number of rotatable bonds is 8. The Morgan fingerprint density at radius 1 is 1.15 bits per heavy atom. The lowest BCUT2D eigenvalue weighted by Crippen LogP contribution is -2.13. The zero-order valence-electron chi connectivity index (χ0n) is 14.7. The number of methoxy groups -OCH3 is 3. The van der Waals surface area contributed by atoms with Crippen LogP contribution in [-0.2, 0) is 4.79 Å². The van der Waals surface area contributed by atoms with Gasteiger partial charge in [0.1, 0.15) is 5.75 Å². The van der Waals surface area contributed by atoms with Crippen LogP contribution in [0.1, 0.15) is 16.1 Å². The number of primary amides is 1. The number of benzene rings is 1. The van der Waals surface area contributed by atoms with Gasteiger partial charge in [-0.2, -0.15) is 0 Å². The van der Waals surface area contributed by atoms with Crippen molar-refractivity contribution in [3.05, 3.63) is 23.4 Å². The molecular formula is C16H19N3O5S2. The van der Waals surface area contributed by atoms with Crippen molar-refractivity contribution in [1.82, 2.24) is 4.98 Å². The van der Waals surface area contributed by atoms with E-state index in [2.05, 4.69) is 10.3 Å². The van der Waals surface area contributed by atoms with E-state index in [4.69, 9.17) is 19.9 Å². The Morgan fingerprint density at radius 3 is 2.35 bits per heavy atom. The lowest BCUT2D eigenvalue weighted by Gasteiger charge is -2.13. The van der Waals surface area contributed by atoms with Crippen LogP contribution in [0.3, 0.4) is 0 Å². The number of nitrogens with zero attached hydrogens (tertiary/aromatic N) is 1. The number of hydrogen-bond acceptors (Lipinski definition) is 8. The maximum Gasteiger partial charge on any atom is 0.261 e. The third-order valence-corrected chi connectivity index (χ3v) is 5.73. The Labute approximate surface area is 159 Å². The highest BCUT2D eigenvalue weighted by molar-refractivity contribution is 8.01. The predicted octanol–water partition coefficient (Wildman–Crippen LogP) is 2.31. The van der Waals surface area contributed by atoms with Gasteiger partial charge in [0.2, 0.25) is 5.91 Å². The zero-order chi connectivity index (χ0) is 19.3. The lowest BCUT2D eigenvalue weighted by molar-refractivity contribution is -0.115. The normalized spacial score (nSPS) is 10.3. The monoisotopic (exact) mass is 397 g/mol. The first-order valence-corrected chi connectivity index (χ1v) is 9.19. The minimum Gasteiger partial charge on any atom is -0.496 e. The summed E-state index contributed by atoms with van der Waals surface area (Å²) in [5, 5.41) is 3.15. The van der Waals surface area contributed by atoms with Crippen molar-refractivity contribution in [2.45, 2.75) is 11.1 Å². The molecule has 0 spiro atoms. The molecule has 2 rings (SSSR count). The first kappa shape index (κ1) is 19.9. The summed E-state index contributed by atoms with van der Waals surface area (Å²) < 4.78 is 16.5. The average Bonchev–Trinajstić information content (AvgIpc) is 2.97. The molecule has 2 aromatic rings. The van der Waals surface area contributed by atoms with Crippen LogP contribution in [0.15, 0.2) is 16.3 Å². The second-order valence-electron chi connectivity index (χ2n) is 5.01. The van der Waals surface area contributed by atoms with Gasteiger partial charge in [0.15, 0.2) is 16.6 Å². The molecule has 1 aromatic heterocycles. The topological polar surface area (TPSA) is 113 Å². The largest absolute Gasteiger partial charge is 0.496 e. The van der Waals surface area contributed by atoms with E-state index < -0.39 is 11.8 Å². The van der Waals surface area contributed by atoms with Crippen LogP contribution in [0, 0.1) is 6.92 Å². The van der Waals surface area contributed by atoms with E-state index in [1.54, 1.807) is 13.0 Å². The van der Waals surface area contributed by atoms with Crippen LogP contribution in [0.25, 0.3) is 0 Å². The Bertz CT molecular complexity index is 822. The number of amides is 2. The lowest BCUT2D eigenvalue weighted by atomic mass is 10.1. The number of aryl methyl sites for hydroxylation is 1. The van der Waals surface area contributed by atoms with E-state index in [1.807, 2.05) is 0 Å². The highest BCUT2D eigenvalue weighted by Crippen LogP contribution is 2.36. The summed E-state index contributed by atoms with van der Waals surface area (Å²) >= 11 is 2.56. The third-order valence-electron chi connectivity index (χ3n) is 3.27.